The van der Waals surface area contributed by atoms with E-state index in [1.807, 2.05) is 72.8 Å². The van der Waals surface area contributed by atoms with Crippen molar-refractivity contribution in [1.29, 1.82) is 0 Å². The number of benzene rings is 3. The first-order valence-corrected chi connectivity index (χ1v) is 10.6. The van der Waals surface area contributed by atoms with E-state index in [2.05, 4.69) is 10.3 Å². The summed E-state index contributed by atoms with van der Waals surface area (Å²) in [5, 5.41) is 5.55. The molecule has 32 heavy (non-hydrogen) atoms. The first-order valence-electron chi connectivity index (χ1n) is 10.2. The molecule has 0 aliphatic carbocycles. The van der Waals surface area contributed by atoms with Crippen LogP contribution in [0.25, 0.3) is 33.1 Å². The normalized spacial score (nSPS) is 11.1. The van der Waals surface area contributed by atoms with Gasteiger partial charge in [-0.2, -0.15) is 0 Å². The Labute approximate surface area is 190 Å². The van der Waals surface area contributed by atoms with Crippen molar-refractivity contribution in [3.63, 3.8) is 0 Å². The highest BCUT2D eigenvalue weighted by Gasteiger charge is 2.19. The zero-order valence-corrected chi connectivity index (χ0v) is 18.1. The van der Waals surface area contributed by atoms with Crippen molar-refractivity contribution in [2.75, 3.05) is 7.11 Å². The van der Waals surface area contributed by atoms with Crippen LogP contribution in [0.4, 0.5) is 0 Å². The number of amides is 1. The molecule has 0 unspecified atom stereocenters. The van der Waals surface area contributed by atoms with E-state index < -0.39 is 0 Å². The number of nitrogens with zero attached hydrogens (tertiary/aromatic N) is 1. The summed E-state index contributed by atoms with van der Waals surface area (Å²) < 4.78 is 5.57. The summed E-state index contributed by atoms with van der Waals surface area (Å²) in [6.07, 6.45) is 0. The molecule has 3 aromatic carbocycles. The fourth-order valence-corrected chi connectivity index (χ4v) is 4.13. The second-order valence-electron chi connectivity index (χ2n) is 7.46. The number of para-hydroxylation sites is 2. The van der Waals surface area contributed by atoms with Crippen molar-refractivity contribution in [2.24, 2.45) is 0 Å². The van der Waals surface area contributed by atoms with Crippen LogP contribution in [0.3, 0.4) is 0 Å². The van der Waals surface area contributed by atoms with Crippen molar-refractivity contribution in [2.45, 2.75) is 6.54 Å². The zero-order valence-electron chi connectivity index (χ0n) is 17.4. The van der Waals surface area contributed by atoms with Crippen molar-refractivity contribution >= 4 is 39.3 Å². The Balaban J connectivity index is 1.63. The van der Waals surface area contributed by atoms with Crippen LogP contribution in [0.1, 0.15) is 16.1 Å². The molecule has 1 amide bonds. The van der Waals surface area contributed by atoms with Crippen molar-refractivity contribution in [3.8, 4) is 17.0 Å². The van der Waals surface area contributed by atoms with E-state index in [0.717, 1.165) is 32.9 Å². The van der Waals surface area contributed by atoms with Crippen LogP contribution in [-0.2, 0) is 6.54 Å². The van der Waals surface area contributed by atoms with E-state index in [9.17, 15) is 4.79 Å². The number of hydrogen-bond donors (Lipinski definition) is 2. The van der Waals surface area contributed by atoms with Crippen LogP contribution in [0.5, 0.6) is 5.75 Å². The number of aromatic nitrogens is 2. The zero-order chi connectivity index (χ0) is 22.1. The number of aromatic amines is 1. The third-order valence-electron chi connectivity index (χ3n) is 5.43. The minimum absolute atomic E-state index is 0.256. The number of carbonyl (C=O) groups is 1. The van der Waals surface area contributed by atoms with Gasteiger partial charge in [-0.1, -0.05) is 54.1 Å². The largest absolute Gasteiger partial charge is 0.496 e. The summed E-state index contributed by atoms with van der Waals surface area (Å²) in [6, 6.07) is 24.9. The molecule has 5 aromatic rings. The number of ether oxygens (including phenoxy) is 1. The number of H-pyrrole nitrogens is 1. The molecule has 2 N–H and O–H groups in total. The molecule has 2 heterocycles. The second kappa shape index (κ2) is 8.36. The third-order valence-corrected chi connectivity index (χ3v) is 5.67. The minimum atomic E-state index is -0.256. The summed E-state index contributed by atoms with van der Waals surface area (Å²) in [7, 11) is 1.63. The molecule has 5 nitrogen and oxygen atoms in total. The lowest BCUT2D eigenvalue weighted by atomic mass is 10.1. The van der Waals surface area contributed by atoms with Crippen molar-refractivity contribution in [3.05, 3.63) is 95.1 Å². The lowest BCUT2D eigenvalue weighted by Gasteiger charge is -2.11. The molecule has 0 aliphatic rings. The Hall–Kier alpha value is -3.83. The molecule has 2 aromatic heterocycles. The first kappa shape index (κ1) is 20.1. The third kappa shape index (κ3) is 3.67. The Bertz CT molecular complexity index is 1460. The minimum Gasteiger partial charge on any atom is -0.496 e. The van der Waals surface area contributed by atoms with Gasteiger partial charge in [0.2, 0.25) is 0 Å². The van der Waals surface area contributed by atoms with Gasteiger partial charge in [0.15, 0.2) is 0 Å². The molecular formula is C26H20ClN3O2. The average molecular weight is 442 g/mol. The van der Waals surface area contributed by atoms with E-state index >= 15 is 0 Å². The van der Waals surface area contributed by atoms with Crippen LogP contribution in [0.15, 0.2) is 78.9 Å². The van der Waals surface area contributed by atoms with Gasteiger partial charge < -0.3 is 15.0 Å². The number of halogens is 1. The molecule has 0 bridgehead atoms. The topological polar surface area (TPSA) is 67.0 Å². The number of rotatable bonds is 5. The predicted molar refractivity (Wildman–Crippen MR) is 128 cm³/mol. The van der Waals surface area contributed by atoms with Gasteiger partial charge in [-0.3, -0.25) is 4.79 Å². The van der Waals surface area contributed by atoms with E-state index in [1.54, 1.807) is 13.2 Å². The van der Waals surface area contributed by atoms with E-state index in [-0.39, 0.29) is 5.91 Å². The molecule has 0 radical (unpaired) electrons. The van der Waals surface area contributed by atoms with Gasteiger partial charge in [0.1, 0.15) is 11.4 Å². The Kier molecular flexibility index (Phi) is 5.25. The molecule has 0 aliphatic heterocycles. The highest BCUT2D eigenvalue weighted by molar-refractivity contribution is 6.30. The highest BCUT2D eigenvalue weighted by atomic mass is 35.5. The monoisotopic (exact) mass is 441 g/mol. The number of carbonyl (C=O) groups excluding carboxylic acids is 1. The summed E-state index contributed by atoms with van der Waals surface area (Å²) in [4.78, 5) is 21.3. The molecule has 5 rings (SSSR count). The molecule has 158 valence electrons. The fourth-order valence-electron chi connectivity index (χ4n) is 3.92. The average Bonchev–Trinajstić information content (AvgIpc) is 3.20. The molecular weight excluding hydrogens is 422 g/mol. The van der Waals surface area contributed by atoms with Gasteiger partial charge in [-0.25, -0.2) is 4.98 Å². The maximum absolute atomic E-state index is 13.1. The lowest BCUT2D eigenvalue weighted by Crippen LogP contribution is -2.24. The predicted octanol–water partition coefficient (Wildman–Crippen LogP) is 5.98. The molecule has 0 saturated heterocycles. The number of nitrogens with one attached hydrogen (secondary N) is 2. The maximum atomic E-state index is 13.1. The van der Waals surface area contributed by atoms with Gasteiger partial charge in [0, 0.05) is 33.4 Å². The van der Waals surface area contributed by atoms with Crippen LogP contribution in [0.2, 0.25) is 5.02 Å². The van der Waals surface area contributed by atoms with Crippen LogP contribution >= 0.6 is 11.6 Å². The lowest BCUT2D eigenvalue weighted by molar-refractivity contribution is 0.0946. The maximum Gasteiger partial charge on any atom is 0.270 e. The SMILES string of the molecule is COc1ccccc1-c1nc(C(=O)NCc2cccc(Cl)c2)cc2c1[nH]c1ccccc12. The Morgan fingerprint density at radius 3 is 2.66 bits per heavy atom. The Morgan fingerprint density at radius 2 is 1.81 bits per heavy atom. The molecule has 0 saturated carbocycles. The molecule has 0 spiro atoms. The second-order valence-corrected chi connectivity index (χ2v) is 7.90. The molecule has 0 fully saturated rings. The summed E-state index contributed by atoms with van der Waals surface area (Å²) in [6.45, 7) is 0.358. The van der Waals surface area contributed by atoms with E-state index in [4.69, 9.17) is 21.3 Å². The summed E-state index contributed by atoms with van der Waals surface area (Å²) in [5.41, 5.74) is 4.59. The van der Waals surface area contributed by atoms with Gasteiger partial charge in [0.05, 0.1) is 18.3 Å². The highest BCUT2D eigenvalue weighted by Crippen LogP contribution is 2.36. The number of methoxy groups -OCH3 is 1. The first-order chi connectivity index (χ1) is 15.6. The number of pyridine rings is 1. The van der Waals surface area contributed by atoms with Crippen molar-refractivity contribution < 1.29 is 9.53 Å². The standard InChI is InChI=1S/C26H20ClN3O2/c1-32-23-12-5-3-10-19(23)24-25-20(18-9-2-4-11-21(18)29-25)14-22(30-24)26(31)28-15-16-7-6-8-17(27)13-16/h2-14,29H,15H2,1H3,(H,28,31). The molecule has 6 heteroatoms. The Morgan fingerprint density at radius 1 is 1.00 bits per heavy atom. The summed E-state index contributed by atoms with van der Waals surface area (Å²) in [5.74, 6) is 0.435. The van der Waals surface area contributed by atoms with Gasteiger partial charge in [-0.05, 0) is 42.0 Å². The van der Waals surface area contributed by atoms with Crippen LogP contribution in [-0.4, -0.2) is 23.0 Å². The van der Waals surface area contributed by atoms with Crippen LogP contribution in [0, 0.1) is 0 Å². The smallest absolute Gasteiger partial charge is 0.270 e. The van der Waals surface area contributed by atoms with Gasteiger partial charge in [0.25, 0.3) is 5.91 Å². The number of fused-ring (bicyclic) bond motifs is 3. The van der Waals surface area contributed by atoms with Crippen molar-refractivity contribution in [1.82, 2.24) is 15.3 Å². The summed E-state index contributed by atoms with van der Waals surface area (Å²) >= 11 is 6.06. The van der Waals surface area contributed by atoms with Gasteiger partial charge in [-0.15, -0.1) is 0 Å². The fraction of sp³-hybridized carbons (Fsp3) is 0.0769. The van der Waals surface area contributed by atoms with Gasteiger partial charge >= 0.3 is 0 Å². The van der Waals surface area contributed by atoms with Crippen LogP contribution < -0.4 is 10.1 Å². The quantitative estimate of drug-likeness (QED) is 0.353. The number of hydrogen-bond acceptors (Lipinski definition) is 3. The van der Waals surface area contributed by atoms with E-state index in [1.165, 1.54) is 0 Å². The molecule has 0 atom stereocenters. The van der Waals surface area contributed by atoms with E-state index in [0.29, 0.717) is 28.7 Å².